The normalized spacial score (nSPS) is 16.5. The Hall–Kier alpha value is -2.52. The van der Waals surface area contributed by atoms with Crippen LogP contribution in [0.2, 0.25) is 5.02 Å². The molecule has 31 heavy (non-hydrogen) atoms. The van der Waals surface area contributed by atoms with Gasteiger partial charge in [0, 0.05) is 38.1 Å². The first-order valence-electron chi connectivity index (χ1n) is 9.85. The van der Waals surface area contributed by atoms with Crippen molar-refractivity contribution in [3.63, 3.8) is 0 Å². The van der Waals surface area contributed by atoms with Gasteiger partial charge in [-0.25, -0.2) is 4.98 Å². The molecule has 0 spiro atoms. The number of ether oxygens (including phenoxy) is 1. The first-order valence-corrected chi connectivity index (χ1v) is 10.2. The Labute approximate surface area is 183 Å². The Bertz CT molecular complexity index is 908. The van der Waals surface area contributed by atoms with E-state index in [9.17, 15) is 18.0 Å². The van der Waals surface area contributed by atoms with Crippen molar-refractivity contribution in [1.29, 1.82) is 0 Å². The first-order chi connectivity index (χ1) is 14.7. The molecule has 10 heteroatoms. The fraction of sp³-hybridized carbons (Fsp3) is 0.429. The maximum atomic E-state index is 12.7. The lowest BCUT2D eigenvalue weighted by atomic mass is 10.2. The van der Waals surface area contributed by atoms with Gasteiger partial charge in [-0.15, -0.1) is 0 Å². The molecule has 1 aromatic carbocycles. The Morgan fingerprint density at radius 2 is 1.97 bits per heavy atom. The van der Waals surface area contributed by atoms with Crippen molar-refractivity contribution in [1.82, 2.24) is 9.88 Å². The predicted octanol–water partition coefficient (Wildman–Crippen LogP) is 4.30. The third-order valence-corrected chi connectivity index (χ3v) is 5.57. The second kappa shape index (κ2) is 9.74. The van der Waals surface area contributed by atoms with E-state index in [1.807, 2.05) is 16.7 Å². The molecule has 1 aliphatic heterocycles. The van der Waals surface area contributed by atoms with Gasteiger partial charge in [-0.1, -0.05) is 11.6 Å². The minimum atomic E-state index is -4.40. The molecular weight excluding hydrogens is 433 g/mol. The van der Waals surface area contributed by atoms with Crippen molar-refractivity contribution < 1.29 is 22.7 Å². The maximum Gasteiger partial charge on any atom is 0.417 e. The van der Waals surface area contributed by atoms with Gasteiger partial charge in [-0.2, -0.15) is 13.2 Å². The van der Waals surface area contributed by atoms with Crippen molar-refractivity contribution in [2.75, 3.05) is 43.5 Å². The molecule has 1 amide bonds. The zero-order valence-electron chi connectivity index (χ0n) is 17.2. The number of hydrogen-bond donors (Lipinski definition) is 1. The van der Waals surface area contributed by atoms with Gasteiger partial charge in [0.05, 0.1) is 23.7 Å². The highest BCUT2D eigenvalue weighted by molar-refractivity contribution is 6.32. The van der Waals surface area contributed by atoms with Crippen LogP contribution < -0.4 is 15.0 Å². The number of carbonyl (C=O) groups is 1. The molecule has 1 fully saturated rings. The van der Waals surface area contributed by atoms with Gasteiger partial charge in [-0.05, 0) is 43.7 Å². The highest BCUT2D eigenvalue weighted by Gasteiger charge is 2.31. The average molecular weight is 457 g/mol. The number of benzene rings is 1. The lowest BCUT2D eigenvalue weighted by Crippen LogP contribution is -2.44. The lowest BCUT2D eigenvalue weighted by Gasteiger charge is -2.27. The molecule has 1 aliphatic rings. The summed E-state index contributed by atoms with van der Waals surface area (Å²) in [6.45, 7) is 4.31. The minimum Gasteiger partial charge on any atom is -0.495 e. The molecule has 2 heterocycles. The predicted molar refractivity (Wildman–Crippen MR) is 114 cm³/mol. The van der Waals surface area contributed by atoms with Gasteiger partial charge in [-0.3, -0.25) is 9.69 Å². The smallest absolute Gasteiger partial charge is 0.417 e. The lowest BCUT2D eigenvalue weighted by molar-refractivity contribution is -0.137. The Balaban J connectivity index is 1.59. The summed E-state index contributed by atoms with van der Waals surface area (Å²) in [7, 11) is 1.52. The van der Waals surface area contributed by atoms with Gasteiger partial charge in [0.25, 0.3) is 0 Å². The molecule has 1 atom stereocenters. The third kappa shape index (κ3) is 5.80. The first kappa shape index (κ1) is 23.1. The van der Waals surface area contributed by atoms with Crippen LogP contribution in [-0.2, 0) is 11.0 Å². The summed E-state index contributed by atoms with van der Waals surface area (Å²) in [4.78, 5) is 20.7. The monoisotopic (exact) mass is 456 g/mol. The zero-order valence-corrected chi connectivity index (χ0v) is 18.0. The molecule has 0 bridgehead atoms. The van der Waals surface area contributed by atoms with Gasteiger partial charge in [0.15, 0.2) is 0 Å². The van der Waals surface area contributed by atoms with E-state index in [2.05, 4.69) is 10.3 Å². The van der Waals surface area contributed by atoms with E-state index in [1.54, 1.807) is 18.2 Å². The van der Waals surface area contributed by atoms with Crippen LogP contribution in [0.5, 0.6) is 5.75 Å². The van der Waals surface area contributed by atoms with Crippen LogP contribution in [0.3, 0.4) is 0 Å². The largest absolute Gasteiger partial charge is 0.495 e. The summed E-state index contributed by atoms with van der Waals surface area (Å²) >= 11 is 6.11. The van der Waals surface area contributed by atoms with E-state index in [-0.39, 0.29) is 11.9 Å². The fourth-order valence-corrected chi connectivity index (χ4v) is 3.71. The number of halogens is 4. The van der Waals surface area contributed by atoms with Crippen molar-refractivity contribution in [3.8, 4) is 5.75 Å². The van der Waals surface area contributed by atoms with Gasteiger partial charge < -0.3 is 15.0 Å². The van der Waals surface area contributed by atoms with E-state index in [0.717, 1.165) is 18.7 Å². The molecule has 6 nitrogen and oxygen atoms in total. The number of pyridine rings is 1. The Morgan fingerprint density at radius 3 is 2.58 bits per heavy atom. The third-order valence-electron chi connectivity index (χ3n) is 5.28. The number of methoxy groups -OCH3 is 1. The molecule has 3 rings (SSSR count). The highest BCUT2D eigenvalue weighted by Crippen LogP contribution is 2.30. The van der Waals surface area contributed by atoms with Crippen molar-refractivity contribution >= 4 is 29.0 Å². The zero-order chi connectivity index (χ0) is 22.6. The number of aromatic nitrogens is 1. The van der Waals surface area contributed by atoms with E-state index in [0.29, 0.717) is 48.5 Å². The van der Waals surface area contributed by atoms with Gasteiger partial charge in [0.2, 0.25) is 5.91 Å². The summed E-state index contributed by atoms with van der Waals surface area (Å²) in [5, 5.41) is 3.27. The summed E-state index contributed by atoms with van der Waals surface area (Å²) in [5.74, 6) is 0.861. The van der Waals surface area contributed by atoms with Crippen LogP contribution in [0.4, 0.5) is 24.7 Å². The SMILES string of the molecule is COc1ccc(NC(=O)[C@@H](C)N2CCCN(c3ccc(C(F)(F)F)cn3)CC2)cc1Cl. The molecule has 0 saturated carbocycles. The van der Waals surface area contributed by atoms with Crippen LogP contribution in [0.1, 0.15) is 18.9 Å². The van der Waals surface area contributed by atoms with Crippen LogP contribution >= 0.6 is 11.6 Å². The number of alkyl halides is 3. The van der Waals surface area contributed by atoms with E-state index in [4.69, 9.17) is 16.3 Å². The molecular formula is C21H24ClF3N4O2. The molecule has 1 saturated heterocycles. The van der Waals surface area contributed by atoms with Crippen molar-refractivity contribution in [2.45, 2.75) is 25.6 Å². The molecule has 2 aromatic rings. The molecule has 0 radical (unpaired) electrons. The van der Waals surface area contributed by atoms with E-state index in [1.165, 1.54) is 13.2 Å². The average Bonchev–Trinajstić information content (AvgIpc) is 2.99. The number of anilines is 2. The maximum absolute atomic E-state index is 12.7. The summed E-state index contributed by atoms with van der Waals surface area (Å²) in [5.41, 5.74) is -0.190. The second-order valence-corrected chi connectivity index (χ2v) is 7.70. The van der Waals surface area contributed by atoms with Crippen LogP contribution in [-0.4, -0.2) is 55.1 Å². The second-order valence-electron chi connectivity index (χ2n) is 7.29. The summed E-state index contributed by atoms with van der Waals surface area (Å²) < 4.78 is 43.4. The molecule has 0 unspecified atom stereocenters. The molecule has 168 valence electrons. The number of amides is 1. The number of rotatable bonds is 5. The number of nitrogens with zero attached hydrogens (tertiary/aromatic N) is 3. The van der Waals surface area contributed by atoms with Crippen LogP contribution in [0.15, 0.2) is 36.5 Å². The summed E-state index contributed by atoms with van der Waals surface area (Å²) in [6, 6.07) is 7.08. The summed E-state index contributed by atoms with van der Waals surface area (Å²) in [6.07, 6.45) is -2.79. The quantitative estimate of drug-likeness (QED) is 0.727. The number of nitrogens with one attached hydrogen (secondary N) is 1. The van der Waals surface area contributed by atoms with E-state index >= 15 is 0 Å². The standard InChI is InChI=1S/C21H24ClF3N4O2/c1-14(20(30)27-16-5-6-18(31-2)17(22)12-16)28-8-3-9-29(11-10-28)19-7-4-15(13-26-19)21(23,24)25/h4-7,12-14H,3,8-11H2,1-2H3,(H,27,30)/t14-/m1/s1. The Kier molecular flexibility index (Phi) is 7.27. The number of hydrogen-bond acceptors (Lipinski definition) is 5. The molecule has 1 aromatic heterocycles. The Morgan fingerprint density at radius 1 is 1.19 bits per heavy atom. The van der Waals surface area contributed by atoms with Crippen LogP contribution in [0, 0.1) is 0 Å². The minimum absolute atomic E-state index is 0.165. The van der Waals surface area contributed by atoms with Crippen molar-refractivity contribution in [3.05, 3.63) is 47.1 Å². The van der Waals surface area contributed by atoms with Crippen molar-refractivity contribution in [2.24, 2.45) is 0 Å². The van der Waals surface area contributed by atoms with Gasteiger partial charge in [0.1, 0.15) is 11.6 Å². The van der Waals surface area contributed by atoms with Crippen LogP contribution in [0.25, 0.3) is 0 Å². The fourth-order valence-electron chi connectivity index (χ4n) is 3.45. The van der Waals surface area contributed by atoms with E-state index < -0.39 is 11.7 Å². The molecule has 0 aliphatic carbocycles. The van der Waals surface area contributed by atoms with Gasteiger partial charge >= 0.3 is 6.18 Å². The molecule has 1 N–H and O–H groups in total. The number of carbonyl (C=O) groups excluding carboxylic acids is 1. The highest BCUT2D eigenvalue weighted by atomic mass is 35.5. The topological polar surface area (TPSA) is 57.7 Å².